The molecule has 0 saturated carbocycles. The molecule has 1 saturated heterocycles. The molecule has 2 N–H and O–H groups in total. The van der Waals surface area contributed by atoms with Crippen LogP contribution in [-0.4, -0.2) is 52.8 Å². The fourth-order valence-electron chi connectivity index (χ4n) is 4.76. The van der Waals surface area contributed by atoms with Crippen LogP contribution in [0.1, 0.15) is 40.4 Å². The van der Waals surface area contributed by atoms with E-state index in [1.54, 1.807) is 4.90 Å². The second-order valence-electron chi connectivity index (χ2n) is 8.53. The van der Waals surface area contributed by atoms with E-state index in [9.17, 15) is 14.4 Å². The lowest BCUT2D eigenvalue weighted by Crippen LogP contribution is -2.29. The highest BCUT2D eigenvalue weighted by molar-refractivity contribution is 5.94. The van der Waals surface area contributed by atoms with Crippen LogP contribution in [0.15, 0.2) is 59.1 Å². The topological polar surface area (TPSA) is 122 Å². The third-order valence-electron chi connectivity index (χ3n) is 6.33. The Bertz CT molecular complexity index is 1210. The molecule has 0 spiro atoms. The number of nitrogens with zero attached hydrogens (tertiary/aromatic N) is 2. The number of amides is 2. The van der Waals surface area contributed by atoms with Gasteiger partial charge in [0.2, 0.25) is 5.88 Å². The summed E-state index contributed by atoms with van der Waals surface area (Å²) in [5.74, 6) is -1.39. The summed E-state index contributed by atoms with van der Waals surface area (Å²) >= 11 is 0. The highest BCUT2D eigenvalue weighted by Crippen LogP contribution is 2.44. The van der Waals surface area contributed by atoms with Crippen LogP contribution >= 0.6 is 0 Å². The summed E-state index contributed by atoms with van der Waals surface area (Å²) in [4.78, 5) is 37.5. The fourth-order valence-corrected chi connectivity index (χ4v) is 4.76. The number of hydrogen-bond donors (Lipinski definition) is 2. The van der Waals surface area contributed by atoms with Gasteiger partial charge in [-0.15, -0.1) is 0 Å². The number of aromatic nitrogens is 1. The second kappa shape index (κ2) is 9.01. The fraction of sp³-hybridized carbons (Fsp3) is 0.280. The predicted molar refractivity (Wildman–Crippen MR) is 121 cm³/mol. The lowest BCUT2D eigenvalue weighted by atomic mass is 9.98. The molecule has 2 aliphatic rings. The molecule has 34 heavy (non-hydrogen) atoms. The molecule has 1 unspecified atom stereocenters. The van der Waals surface area contributed by atoms with Gasteiger partial charge in [-0.2, -0.15) is 0 Å². The Morgan fingerprint density at radius 2 is 1.76 bits per heavy atom. The van der Waals surface area contributed by atoms with Gasteiger partial charge < -0.3 is 19.3 Å². The number of carboxylic acids is 1. The zero-order valence-electron chi connectivity index (χ0n) is 18.3. The van der Waals surface area contributed by atoms with Gasteiger partial charge in [0, 0.05) is 31.5 Å². The second-order valence-corrected chi connectivity index (χ2v) is 8.53. The van der Waals surface area contributed by atoms with Crippen LogP contribution in [0.5, 0.6) is 0 Å². The van der Waals surface area contributed by atoms with Crippen molar-refractivity contribution in [2.75, 3.05) is 25.0 Å². The maximum Gasteiger partial charge on any atom is 0.414 e. The summed E-state index contributed by atoms with van der Waals surface area (Å²) in [6.07, 6.45) is -0.0579. The molecule has 2 heterocycles. The van der Waals surface area contributed by atoms with Crippen LogP contribution in [0.2, 0.25) is 0 Å². The molecule has 3 aromatic rings. The van der Waals surface area contributed by atoms with Gasteiger partial charge in [-0.3, -0.25) is 14.9 Å². The molecule has 9 heteroatoms. The van der Waals surface area contributed by atoms with Gasteiger partial charge in [0.05, 0.1) is 0 Å². The summed E-state index contributed by atoms with van der Waals surface area (Å²) < 4.78 is 10.6. The maximum atomic E-state index is 12.6. The number of carboxylic acid groups (broad SMARTS) is 1. The molecule has 174 valence electrons. The molecule has 5 rings (SSSR count). The Morgan fingerprint density at radius 3 is 2.44 bits per heavy atom. The molecule has 1 fully saturated rings. The van der Waals surface area contributed by atoms with Crippen molar-refractivity contribution in [2.24, 2.45) is 5.92 Å². The molecule has 0 radical (unpaired) electrons. The molecule has 2 amide bonds. The third-order valence-corrected chi connectivity index (χ3v) is 6.33. The number of likely N-dealkylation sites (tertiary alicyclic amines) is 1. The summed E-state index contributed by atoms with van der Waals surface area (Å²) in [6, 6.07) is 17.4. The van der Waals surface area contributed by atoms with Gasteiger partial charge in [-0.1, -0.05) is 53.7 Å². The van der Waals surface area contributed by atoms with Crippen molar-refractivity contribution in [3.05, 3.63) is 71.4 Å². The number of rotatable bonds is 6. The molecular weight excluding hydrogens is 438 g/mol. The standard InChI is InChI=1S/C25H23N3O6/c29-23(30)11-15-9-10-28(13-15)24(31)21-12-22(34-27-21)26-25(32)33-14-20-18-7-3-1-5-16(18)17-6-2-4-8-19(17)20/h1-8,12,15,20H,9-11,13-14H2,(H,26,32)(H,29,30). The summed E-state index contributed by atoms with van der Waals surface area (Å²) in [5.41, 5.74) is 4.53. The molecule has 1 aromatic heterocycles. The van der Waals surface area contributed by atoms with Gasteiger partial charge in [-0.25, -0.2) is 4.79 Å². The number of nitrogens with one attached hydrogen (secondary N) is 1. The molecule has 0 bridgehead atoms. The molecule has 9 nitrogen and oxygen atoms in total. The van der Waals surface area contributed by atoms with Crippen LogP contribution in [0.3, 0.4) is 0 Å². The van der Waals surface area contributed by atoms with E-state index in [1.165, 1.54) is 6.07 Å². The van der Waals surface area contributed by atoms with E-state index in [2.05, 4.69) is 22.6 Å². The van der Waals surface area contributed by atoms with Gasteiger partial charge in [-0.05, 0) is 34.6 Å². The van der Waals surface area contributed by atoms with E-state index in [0.29, 0.717) is 19.5 Å². The highest BCUT2D eigenvalue weighted by atomic mass is 16.6. The summed E-state index contributed by atoms with van der Waals surface area (Å²) in [7, 11) is 0. The zero-order valence-corrected chi connectivity index (χ0v) is 18.3. The van der Waals surface area contributed by atoms with Crippen molar-refractivity contribution >= 4 is 23.9 Å². The monoisotopic (exact) mass is 461 g/mol. The van der Waals surface area contributed by atoms with Crippen LogP contribution in [0.25, 0.3) is 11.1 Å². The minimum Gasteiger partial charge on any atom is -0.481 e. The van der Waals surface area contributed by atoms with Gasteiger partial charge in [0.25, 0.3) is 5.91 Å². The average molecular weight is 461 g/mol. The average Bonchev–Trinajstić information content (AvgIpc) is 3.55. The van der Waals surface area contributed by atoms with E-state index in [-0.39, 0.29) is 42.3 Å². The van der Waals surface area contributed by atoms with Crippen LogP contribution in [-0.2, 0) is 9.53 Å². The molecule has 1 aliphatic carbocycles. The predicted octanol–water partition coefficient (Wildman–Crippen LogP) is 3.97. The van der Waals surface area contributed by atoms with E-state index >= 15 is 0 Å². The Morgan fingerprint density at radius 1 is 1.09 bits per heavy atom. The van der Waals surface area contributed by atoms with E-state index in [1.807, 2.05) is 36.4 Å². The zero-order chi connectivity index (χ0) is 23.7. The summed E-state index contributed by atoms with van der Waals surface area (Å²) in [6.45, 7) is 0.963. The Balaban J connectivity index is 1.18. The SMILES string of the molecule is O=C(O)CC1CCN(C(=O)c2cc(NC(=O)OCC3c4ccccc4-c4ccccc43)on2)C1. The van der Waals surface area contributed by atoms with Crippen molar-refractivity contribution in [3.63, 3.8) is 0 Å². The Labute approximate surface area is 195 Å². The third kappa shape index (κ3) is 4.24. The number of anilines is 1. The van der Waals surface area contributed by atoms with E-state index < -0.39 is 12.1 Å². The number of ether oxygens (including phenoxy) is 1. The number of hydrogen-bond acceptors (Lipinski definition) is 6. The van der Waals surface area contributed by atoms with Crippen LogP contribution < -0.4 is 5.32 Å². The highest BCUT2D eigenvalue weighted by Gasteiger charge is 2.31. The quantitative estimate of drug-likeness (QED) is 0.569. The Hall–Kier alpha value is -4.14. The molecule has 1 aliphatic heterocycles. The van der Waals surface area contributed by atoms with Crippen LogP contribution in [0, 0.1) is 5.92 Å². The maximum absolute atomic E-state index is 12.6. The number of carbonyl (C=O) groups is 3. The van der Waals surface area contributed by atoms with Crippen molar-refractivity contribution in [2.45, 2.75) is 18.8 Å². The lowest BCUT2D eigenvalue weighted by molar-refractivity contribution is -0.138. The first kappa shape index (κ1) is 21.7. The number of benzene rings is 2. The van der Waals surface area contributed by atoms with Crippen molar-refractivity contribution in [1.82, 2.24) is 10.1 Å². The van der Waals surface area contributed by atoms with E-state index in [4.69, 9.17) is 14.4 Å². The first-order valence-electron chi connectivity index (χ1n) is 11.1. The smallest absolute Gasteiger partial charge is 0.414 e. The van der Waals surface area contributed by atoms with Crippen molar-refractivity contribution in [1.29, 1.82) is 0 Å². The molecule has 2 aromatic carbocycles. The summed E-state index contributed by atoms with van der Waals surface area (Å²) in [5, 5.41) is 15.1. The first-order chi connectivity index (χ1) is 16.5. The normalized spacial score (nSPS) is 16.7. The van der Waals surface area contributed by atoms with E-state index in [0.717, 1.165) is 22.3 Å². The largest absolute Gasteiger partial charge is 0.481 e. The first-order valence-corrected chi connectivity index (χ1v) is 11.1. The van der Waals surface area contributed by atoms with Gasteiger partial charge in [0.15, 0.2) is 5.69 Å². The van der Waals surface area contributed by atoms with Crippen molar-refractivity contribution in [3.8, 4) is 11.1 Å². The van der Waals surface area contributed by atoms with Crippen molar-refractivity contribution < 1.29 is 28.8 Å². The number of aliphatic carboxylic acids is 1. The lowest BCUT2D eigenvalue weighted by Gasteiger charge is -2.14. The number of fused-ring (bicyclic) bond motifs is 3. The Kier molecular flexibility index (Phi) is 5.75. The molecule has 1 atom stereocenters. The van der Waals surface area contributed by atoms with Gasteiger partial charge in [0.1, 0.15) is 6.61 Å². The van der Waals surface area contributed by atoms with Crippen LogP contribution in [0.4, 0.5) is 10.7 Å². The van der Waals surface area contributed by atoms with Gasteiger partial charge >= 0.3 is 12.1 Å². The number of carbonyl (C=O) groups excluding carboxylic acids is 2. The molecular formula is C25H23N3O6. The minimum atomic E-state index is -0.879. The minimum absolute atomic E-state index is 0.00172.